The highest BCUT2D eigenvalue weighted by Crippen LogP contribution is 2.65. The van der Waals surface area contributed by atoms with Crippen LogP contribution in [0.3, 0.4) is 0 Å². The zero-order chi connectivity index (χ0) is 32.3. The van der Waals surface area contributed by atoms with Crippen LogP contribution in [0.4, 0.5) is 26.3 Å². The number of para-hydroxylation sites is 1. The summed E-state index contributed by atoms with van der Waals surface area (Å²) >= 11 is 0. The van der Waals surface area contributed by atoms with Gasteiger partial charge in [0.05, 0.1) is 24.8 Å². The van der Waals surface area contributed by atoms with Gasteiger partial charge >= 0.3 is 25.4 Å². The standard InChI is InChI=1S/C29H38BF6NO6/c1-25(2,3)41-24(39)17-10-8-9-15(23(17)40-7)11-21(37-22(38)14-19(28(31,32)33)29(34,35)36)30-42-20-13-16-12-18(26(16,4)5)27(20,6)43-30/h8-10,16,18-21H,11-14H2,1-7H3,(H,37,38). The van der Waals surface area contributed by atoms with E-state index in [-0.39, 0.29) is 35.2 Å². The predicted octanol–water partition coefficient (Wildman–Crippen LogP) is 6.08. The van der Waals surface area contributed by atoms with Crippen LogP contribution in [-0.2, 0) is 25.3 Å². The molecule has 1 heterocycles. The molecule has 2 bridgehead atoms. The molecule has 5 atom stereocenters. The average molecular weight is 621 g/mol. The molecule has 0 radical (unpaired) electrons. The lowest BCUT2D eigenvalue weighted by Crippen LogP contribution is -2.65. The molecule has 1 saturated heterocycles. The third kappa shape index (κ3) is 6.64. The highest BCUT2D eigenvalue weighted by Gasteiger charge is 2.68. The van der Waals surface area contributed by atoms with Crippen LogP contribution in [0.1, 0.15) is 76.7 Å². The zero-order valence-corrected chi connectivity index (χ0v) is 25.2. The number of methoxy groups -OCH3 is 1. The first kappa shape index (κ1) is 33.4. The van der Waals surface area contributed by atoms with Crippen molar-refractivity contribution in [1.82, 2.24) is 5.32 Å². The molecule has 1 amide bonds. The van der Waals surface area contributed by atoms with E-state index in [4.69, 9.17) is 18.8 Å². The third-order valence-electron chi connectivity index (χ3n) is 9.18. The molecular weight excluding hydrogens is 583 g/mol. The van der Waals surface area contributed by atoms with Crippen molar-refractivity contribution in [3.8, 4) is 5.75 Å². The molecule has 0 spiro atoms. The number of amides is 1. The van der Waals surface area contributed by atoms with Gasteiger partial charge in [-0.1, -0.05) is 26.0 Å². The molecule has 0 aromatic heterocycles. The number of benzene rings is 1. The summed E-state index contributed by atoms with van der Waals surface area (Å²) < 4.78 is 103. The monoisotopic (exact) mass is 621 g/mol. The van der Waals surface area contributed by atoms with Crippen LogP contribution in [0.15, 0.2) is 18.2 Å². The van der Waals surface area contributed by atoms with E-state index in [1.165, 1.54) is 19.2 Å². The first-order valence-electron chi connectivity index (χ1n) is 14.2. The fourth-order valence-electron chi connectivity index (χ4n) is 6.87. The Hall–Kier alpha value is -2.48. The topological polar surface area (TPSA) is 83.1 Å². The highest BCUT2D eigenvalue weighted by molar-refractivity contribution is 6.48. The second-order valence-electron chi connectivity index (χ2n) is 13.6. The Morgan fingerprint density at radius 2 is 1.70 bits per heavy atom. The largest absolute Gasteiger partial charge is 0.496 e. The van der Waals surface area contributed by atoms with E-state index >= 15 is 0 Å². The second kappa shape index (κ2) is 11.2. The molecule has 3 aliphatic carbocycles. The lowest BCUT2D eigenvalue weighted by atomic mass is 9.43. The number of alkyl halides is 6. The minimum Gasteiger partial charge on any atom is -0.496 e. The van der Waals surface area contributed by atoms with Crippen LogP contribution < -0.4 is 10.1 Å². The van der Waals surface area contributed by atoms with Crippen LogP contribution in [0.2, 0.25) is 0 Å². The molecule has 5 unspecified atom stereocenters. The maximum absolute atomic E-state index is 13.3. The first-order chi connectivity index (χ1) is 19.6. The van der Waals surface area contributed by atoms with Gasteiger partial charge in [-0.2, -0.15) is 26.3 Å². The number of carbonyl (C=O) groups excluding carboxylic acids is 2. The zero-order valence-electron chi connectivity index (χ0n) is 25.2. The quantitative estimate of drug-likeness (QED) is 0.216. The van der Waals surface area contributed by atoms with Gasteiger partial charge in [0.15, 0.2) is 5.92 Å². The number of hydrogen-bond donors (Lipinski definition) is 1. The van der Waals surface area contributed by atoms with Crippen LogP contribution in [0, 0.1) is 23.2 Å². The normalized spacial score (nSPS) is 27.3. The van der Waals surface area contributed by atoms with Gasteiger partial charge in [-0.15, -0.1) is 0 Å². The molecule has 240 valence electrons. The van der Waals surface area contributed by atoms with E-state index in [0.29, 0.717) is 17.9 Å². The van der Waals surface area contributed by atoms with Crippen molar-refractivity contribution < 1.29 is 54.7 Å². The maximum atomic E-state index is 13.3. The first-order valence-corrected chi connectivity index (χ1v) is 14.2. The van der Waals surface area contributed by atoms with Gasteiger partial charge in [-0.25, -0.2) is 4.79 Å². The predicted molar refractivity (Wildman–Crippen MR) is 144 cm³/mol. The summed E-state index contributed by atoms with van der Waals surface area (Å²) in [5.74, 6) is -6.65. The molecule has 14 heteroatoms. The minimum absolute atomic E-state index is 0.0418. The summed E-state index contributed by atoms with van der Waals surface area (Å²) in [4.78, 5) is 25.7. The summed E-state index contributed by atoms with van der Waals surface area (Å²) in [6.07, 6.45) is -12.2. The molecule has 1 aromatic rings. The Labute approximate surface area is 247 Å². The van der Waals surface area contributed by atoms with E-state index < -0.39 is 60.8 Å². The Kier molecular flexibility index (Phi) is 8.67. The van der Waals surface area contributed by atoms with Gasteiger partial charge in [0.25, 0.3) is 0 Å². The van der Waals surface area contributed by atoms with Crippen molar-refractivity contribution in [3.63, 3.8) is 0 Å². The number of esters is 1. The Morgan fingerprint density at radius 3 is 2.23 bits per heavy atom. The minimum atomic E-state index is -5.68. The van der Waals surface area contributed by atoms with E-state index in [1.807, 2.05) is 6.92 Å². The molecule has 1 aromatic carbocycles. The van der Waals surface area contributed by atoms with Gasteiger partial charge < -0.3 is 24.1 Å². The van der Waals surface area contributed by atoms with Crippen molar-refractivity contribution >= 4 is 19.0 Å². The fourth-order valence-corrected chi connectivity index (χ4v) is 6.87. The number of hydrogen-bond acceptors (Lipinski definition) is 6. The molecule has 4 aliphatic rings. The van der Waals surface area contributed by atoms with Crippen LogP contribution in [-0.4, -0.2) is 61.7 Å². The molecule has 3 saturated carbocycles. The second-order valence-corrected chi connectivity index (χ2v) is 13.6. The summed E-state index contributed by atoms with van der Waals surface area (Å²) in [6, 6.07) is 4.58. The van der Waals surface area contributed by atoms with Gasteiger partial charge in [-0.3, -0.25) is 4.79 Å². The molecule has 1 N–H and O–H groups in total. The van der Waals surface area contributed by atoms with Gasteiger partial charge in [0, 0.05) is 6.42 Å². The lowest BCUT2D eigenvalue weighted by molar-refractivity contribution is -0.284. The molecule has 4 fully saturated rings. The van der Waals surface area contributed by atoms with Crippen molar-refractivity contribution in [2.24, 2.45) is 23.2 Å². The number of carbonyl (C=O) groups is 2. The van der Waals surface area contributed by atoms with Gasteiger partial charge in [0.1, 0.15) is 16.9 Å². The number of rotatable bonds is 8. The maximum Gasteiger partial charge on any atom is 0.482 e. The average Bonchev–Trinajstić information content (AvgIpc) is 3.21. The number of nitrogens with one attached hydrogen (secondary N) is 1. The van der Waals surface area contributed by atoms with Gasteiger partial charge in [0.2, 0.25) is 5.91 Å². The van der Waals surface area contributed by atoms with Crippen molar-refractivity contribution in [1.29, 1.82) is 0 Å². The van der Waals surface area contributed by atoms with E-state index in [2.05, 4.69) is 19.2 Å². The SMILES string of the molecule is COc1c(CC(NC(=O)CC(C(F)(F)F)C(F)(F)F)B2OC3CC4CC(C4(C)C)C3(C)O2)cccc1C(=O)OC(C)(C)C. The molecule has 1 aliphatic heterocycles. The van der Waals surface area contributed by atoms with Crippen molar-refractivity contribution in [3.05, 3.63) is 29.3 Å². The van der Waals surface area contributed by atoms with Crippen LogP contribution in [0.5, 0.6) is 5.75 Å². The summed E-state index contributed by atoms with van der Waals surface area (Å²) in [7, 11) is 0.129. The van der Waals surface area contributed by atoms with E-state index in [0.717, 1.165) is 6.42 Å². The summed E-state index contributed by atoms with van der Waals surface area (Å²) in [6.45, 7) is 11.2. The molecule has 5 rings (SSSR count). The lowest BCUT2D eigenvalue weighted by Gasteiger charge is -2.64. The van der Waals surface area contributed by atoms with E-state index in [9.17, 15) is 35.9 Å². The molecule has 43 heavy (non-hydrogen) atoms. The van der Waals surface area contributed by atoms with Crippen LogP contribution >= 0.6 is 0 Å². The molecular formula is C29H38BF6NO6. The smallest absolute Gasteiger partial charge is 0.482 e. The van der Waals surface area contributed by atoms with Crippen molar-refractivity contribution in [2.45, 2.75) is 103 Å². The number of ether oxygens (including phenoxy) is 2. The Morgan fingerprint density at radius 1 is 1.07 bits per heavy atom. The number of halogens is 6. The van der Waals surface area contributed by atoms with E-state index in [1.54, 1.807) is 26.8 Å². The van der Waals surface area contributed by atoms with Gasteiger partial charge in [-0.05, 0) is 75.8 Å². The van der Waals surface area contributed by atoms with Crippen LogP contribution in [0.25, 0.3) is 0 Å². The third-order valence-corrected chi connectivity index (χ3v) is 9.18. The molecule has 7 nitrogen and oxygen atoms in total. The Balaban J connectivity index is 1.65. The highest BCUT2D eigenvalue weighted by atomic mass is 19.4. The summed E-state index contributed by atoms with van der Waals surface area (Å²) in [5.41, 5.74) is -1.23. The van der Waals surface area contributed by atoms with Crippen molar-refractivity contribution in [2.75, 3.05) is 7.11 Å². The Bertz CT molecular complexity index is 1220. The summed E-state index contributed by atoms with van der Waals surface area (Å²) in [5, 5.41) is 2.34. The fraction of sp³-hybridized carbons (Fsp3) is 0.724.